The molecule has 1 amide bonds. The van der Waals surface area contributed by atoms with Crippen molar-refractivity contribution in [2.75, 3.05) is 13.1 Å². The van der Waals surface area contributed by atoms with E-state index >= 15 is 0 Å². The predicted molar refractivity (Wildman–Crippen MR) is 103 cm³/mol. The minimum atomic E-state index is -0.563. The van der Waals surface area contributed by atoms with Crippen molar-refractivity contribution in [1.29, 1.82) is 5.26 Å². The van der Waals surface area contributed by atoms with Crippen LogP contribution >= 0.6 is 11.6 Å². The van der Waals surface area contributed by atoms with Crippen LogP contribution in [-0.4, -0.2) is 29.7 Å². The molecule has 0 bridgehead atoms. The van der Waals surface area contributed by atoms with Crippen LogP contribution in [0.4, 0.5) is 0 Å². The fourth-order valence-corrected chi connectivity index (χ4v) is 5.11. The largest absolute Gasteiger partial charge is 0.341 e. The molecule has 1 spiro atoms. The Hall–Kier alpha value is -2.12. The van der Waals surface area contributed by atoms with E-state index in [9.17, 15) is 14.9 Å². The van der Waals surface area contributed by atoms with E-state index in [-0.39, 0.29) is 22.7 Å². The van der Waals surface area contributed by atoms with Crippen LogP contribution in [-0.2, 0) is 15.0 Å². The average molecular weight is 383 g/mol. The van der Waals surface area contributed by atoms with Gasteiger partial charge in [0.2, 0.25) is 5.91 Å². The van der Waals surface area contributed by atoms with Crippen LogP contribution in [0.15, 0.2) is 35.9 Å². The van der Waals surface area contributed by atoms with Gasteiger partial charge in [0, 0.05) is 28.9 Å². The van der Waals surface area contributed by atoms with E-state index < -0.39 is 10.8 Å². The highest BCUT2D eigenvalue weighted by atomic mass is 35.5. The summed E-state index contributed by atoms with van der Waals surface area (Å²) in [7, 11) is 0. The van der Waals surface area contributed by atoms with Crippen LogP contribution in [0.2, 0.25) is 5.02 Å². The van der Waals surface area contributed by atoms with Crippen molar-refractivity contribution >= 4 is 23.3 Å². The van der Waals surface area contributed by atoms with E-state index in [1.165, 1.54) is 0 Å². The highest BCUT2D eigenvalue weighted by molar-refractivity contribution is 6.30. The minimum Gasteiger partial charge on any atom is -0.341 e. The third kappa shape index (κ3) is 2.89. The predicted octanol–water partition coefficient (Wildman–Crippen LogP) is 4.04. The Labute approximate surface area is 164 Å². The number of nitrogens with zero attached hydrogens (tertiary/aromatic N) is 2. The van der Waals surface area contributed by atoms with Crippen molar-refractivity contribution < 1.29 is 9.59 Å². The van der Waals surface area contributed by atoms with Crippen LogP contribution in [0.3, 0.4) is 0 Å². The molecule has 5 heteroatoms. The number of allylic oxidation sites excluding steroid dienone is 1. The van der Waals surface area contributed by atoms with Crippen LogP contribution in [0, 0.1) is 22.2 Å². The van der Waals surface area contributed by atoms with Crippen molar-refractivity contribution in [1.82, 2.24) is 4.90 Å². The number of amides is 1. The van der Waals surface area contributed by atoms with Gasteiger partial charge in [0.15, 0.2) is 5.78 Å². The summed E-state index contributed by atoms with van der Waals surface area (Å²) in [5.74, 6) is 0.0866. The first-order valence-corrected chi connectivity index (χ1v) is 9.82. The number of likely N-dealkylation sites (tertiary alicyclic amines) is 1. The summed E-state index contributed by atoms with van der Waals surface area (Å²) in [6, 6.07) is 9.66. The lowest BCUT2D eigenvalue weighted by atomic mass is 9.64. The molecule has 27 heavy (non-hydrogen) atoms. The van der Waals surface area contributed by atoms with E-state index in [1.54, 1.807) is 0 Å². The third-order valence-electron chi connectivity index (χ3n) is 6.45. The van der Waals surface area contributed by atoms with Crippen molar-refractivity contribution in [2.45, 2.75) is 44.9 Å². The van der Waals surface area contributed by atoms with E-state index in [1.807, 2.05) is 49.1 Å². The van der Waals surface area contributed by atoms with E-state index in [4.69, 9.17) is 11.6 Å². The summed E-state index contributed by atoms with van der Waals surface area (Å²) in [6.07, 6.45) is 5.05. The zero-order chi connectivity index (χ0) is 19.4. The smallest absolute Gasteiger partial charge is 0.233 e. The molecule has 1 saturated heterocycles. The molecule has 1 aromatic rings. The second-order valence-corrected chi connectivity index (χ2v) is 9.42. The fourth-order valence-electron chi connectivity index (χ4n) is 4.98. The van der Waals surface area contributed by atoms with Crippen LogP contribution in [0.25, 0.3) is 0 Å². The molecule has 0 radical (unpaired) electrons. The zero-order valence-electron chi connectivity index (χ0n) is 15.7. The Morgan fingerprint density at radius 2 is 1.85 bits per heavy atom. The Bertz CT molecular complexity index is 890. The van der Waals surface area contributed by atoms with Gasteiger partial charge >= 0.3 is 0 Å². The molecule has 0 unspecified atom stereocenters. The first-order chi connectivity index (χ1) is 12.7. The number of carbonyl (C=O) groups excluding carboxylic acids is 2. The van der Waals surface area contributed by atoms with Gasteiger partial charge in [0.25, 0.3) is 0 Å². The number of nitriles is 1. The molecule has 0 aromatic heterocycles. The first-order valence-electron chi connectivity index (χ1n) is 9.45. The first kappa shape index (κ1) is 18.3. The summed E-state index contributed by atoms with van der Waals surface area (Å²) >= 11 is 6.00. The van der Waals surface area contributed by atoms with E-state index in [2.05, 4.69) is 6.07 Å². The van der Waals surface area contributed by atoms with Crippen LogP contribution in [0.5, 0.6) is 0 Å². The number of hydrogen-bond donors (Lipinski definition) is 0. The average Bonchev–Trinajstić information content (AvgIpc) is 3.34. The van der Waals surface area contributed by atoms with Gasteiger partial charge in [-0.05, 0) is 43.4 Å². The summed E-state index contributed by atoms with van der Waals surface area (Å²) in [6.45, 7) is 5.07. The van der Waals surface area contributed by atoms with Gasteiger partial charge in [-0.2, -0.15) is 5.26 Å². The van der Waals surface area contributed by atoms with Crippen LogP contribution < -0.4 is 0 Å². The second kappa shape index (κ2) is 5.94. The normalized spacial score (nSPS) is 28.0. The quantitative estimate of drug-likeness (QED) is 0.775. The molecule has 4 rings (SSSR count). The Kier molecular flexibility index (Phi) is 4.01. The van der Waals surface area contributed by atoms with Gasteiger partial charge in [0.05, 0.1) is 11.0 Å². The molecule has 1 aromatic carbocycles. The molecule has 2 aliphatic carbocycles. The maximum Gasteiger partial charge on any atom is 0.233 e. The lowest BCUT2D eigenvalue weighted by Crippen LogP contribution is -2.42. The molecule has 1 atom stereocenters. The summed E-state index contributed by atoms with van der Waals surface area (Å²) < 4.78 is 0. The third-order valence-corrected chi connectivity index (χ3v) is 6.71. The van der Waals surface area contributed by atoms with Gasteiger partial charge in [-0.25, -0.2) is 0 Å². The van der Waals surface area contributed by atoms with Crippen molar-refractivity contribution in [3.05, 3.63) is 46.5 Å². The van der Waals surface area contributed by atoms with Gasteiger partial charge < -0.3 is 4.90 Å². The summed E-state index contributed by atoms with van der Waals surface area (Å²) in [5.41, 5.74) is 0.0305. The zero-order valence-corrected chi connectivity index (χ0v) is 16.5. The highest BCUT2D eigenvalue weighted by Crippen LogP contribution is 2.53. The highest BCUT2D eigenvalue weighted by Gasteiger charge is 2.56. The number of carbonyl (C=O) groups is 2. The minimum absolute atomic E-state index is 0.0831. The number of halogens is 1. The van der Waals surface area contributed by atoms with Gasteiger partial charge in [-0.15, -0.1) is 0 Å². The molecule has 2 fully saturated rings. The van der Waals surface area contributed by atoms with Crippen molar-refractivity contribution in [3.63, 3.8) is 0 Å². The summed E-state index contributed by atoms with van der Waals surface area (Å²) in [4.78, 5) is 27.7. The van der Waals surface area contributed by atoms with E-state index in [0.717, 1.165) is 24.8 Å². The second-order valence-electron chi connectivity index (χ2n) is 8.99. The number of ketones is 1. The lowest BCUT2D eigenvalue weighted by Gasteiger charge is -2.38. The van der Waals surface area contributed by atoms with Crippen molar-refractivity contribution in [3.8, 4) is 6.07 Å². The topological polar surface area (TPSA) is 61.2 Å². The molecule has 4 nitrogen and oxygen atoms in total. The standard InChI is InChI=1S/C22H23ClN2O2/c1-20(2)13-21(11-15(12-24)18(20)26)9-10-25(14-21)19(27)22(7-8-22)16-3-5-17(23)6-4-16/h3-6,11H,7-10,13-14H2,1-2H3/t21-/m0/s1. The molecule has 140 valence electrons. The molecule has 1 heterocycles. The molecule has 1 aliphatic heterocycles. The lowest BCUT2D eigenvalue weighted by molar-refractivity contribution is -0.133. The summed E-state index contributed by atoms with van der Waals surface area (Å²) in [5, 5.41) is 10.1. The molecule has 0 N–H and O–H groups in total. The van der Waals surface area contributed by atoms with Gasteiger partial charge in [-0.3, -0.25) is 9.59 Å². The number of rotatable bonds is 2. The maximum absolute atomic E-state index is 13.4. The van der Waals surface area contributed by atoms with Gasteiger partial charge in [-0.1, -0.05) is 43.7 Å². The molecular weight excluding hydrogens is 360 g/mol. The number of Topliss-reactive ketones (excluding diaryl/α,β-unsaturated/α-hetero) is 1. The molecule has 1 saturated carbocycles. The van der Waals surface area contributed by atoms with Gasteiger partial charge in [0.1, 0.15) is 6.07 Å². The van der Waals surface area contributed by atoms with E-state index in [0.29, 0.717) is 24.5 Å². The fraction of sp³-hybridized carbons (Fsp3) is 0.500. The maximum atomic E-state index is 13.4. The SMILES string of the molecule is CC1(C)C[C@@]2(C=C(C#N)C1=O)CCN(C(=O)C1(c3ccc(Cl)cc3)CC1)C2. The molecule has 3 aliphatic rings. The monoisotopic (exact) mass is 382 g/mol. The number of benzene rings is 1. The van der Waals surface area contributed by atoms with Crippen LogP contribution in [0.1, 0.15) is 45.1 Å². The Morgan fingerprint density at radius 1 is 1.19 bits per heavy atom. The molecular formula is C22H23ClN2O2. The Balaban J connectivity index is 1.59. The Morgan fingerprint density at radius 3 is 2.44 bits per heavy atom. The number of hydrogen-bond acceptors (Lipinski definition) is 3. The van der Waals surface area contributed by atoms with Crippen molar-refractivity contribution in [2.24, 2.45) is 10.8 Å².